The van der Waals surface area contributed by atoms with Crippen LogP contribution in [0, 0.1) is 0 Å². The molecule has 7 heteroatoms. The molecule has 2 fully saturated rings. The van der Waals surface area contributed by atoms with E-state index in [1.54, 1.807) is 0 Å². The summed E-state index contributed by atoms with van der Waals surface area (Å²) in [6, 6.07) is 11.5. The molecular formula is C24H42IN5O. The van der Waals surface area contributed by atoms with Gasteiger partial charge in [-0.15, -0.1) is 24.0 Å². The summed E-state index contributed by atoms with van der Waals surface area (Å²) >= 11 is 0. The highest BCUT2D eigenvalue weighted by atomic mass is 127. The zero-order valence-corrected chi connectivity index (χ0v) is 21.9. The maximum Gasteiger partial charge on any atom is 0.191 e. The number of piperidine rings is 1. The monoisotopic (exact) mass is 543 g/mol. The third-order valence-corrected chi connectivity index (χ3v) is 6.56. The number of nitrogens with zero attached hydrogens (tertiary/aromatic N) is 2. The Balaban J connectivity index is 0.00000341. The van der Waals surface area contributed by atoms with Crippen LogP contribution in [-0.2, 0) is 4.74 Å². The number of nitrogens with one attached hydrogen (secondary N) is 3. The van der Waals surface area contributed by atoms with Crippen LogP contribution in [0.4, 0.5) is 0 Å². The van der Waals surface area contributed by atoms with Gasteiger partial charge in [-0.25, -0.2) is 0 Å². The first kappa shape index (κ1) is 26.4. The van der Waals surface area contributed by atoms with Gasteiger partial charge < -0.3 is 25.6 Å². The molecule has 2 aliphatic rings. The van der Waals surface area contributed by atoms with Gasteiger partial charge >= 0.3 is 0 Å². The standard InChI is InChI=1S/C24H41N5O.HI/c1-4-14-29-15-10-22(11-16-29)27-23(25-3)26-19-24(12-17-30-18-13-24)28-20(2)21-8-6-5-7-9-21;/h5-9,20,22,28H,4,10-19H2,1-3H3,(H2,25,26,27);1H. The van der Waals surface area contributed by atoms with Crippen molar-refractivity contribution in [3.05, 3.63) is 35.9 Å². The number of halogens is 1. The quantitative estimate of drug-likeness (QED) is 0.266. The third kappa shape index (κ3) is 8.18. The number of hydrogen-bond donors (Lipinski definition) is 3. The highest BCUT2D eigenvalue weighted by Gasteiger charge is 2.34. The fraction of sp³-hybridized carbons (Fsp3) is 0.708. The van der Waals surface area contributed by atoms with Gasteiger partial charge in [0.2, 0.25) is 0 Å². The minimum absolute atomic E-state index is 0. The fourth-order valence-electron chi connectivity index (χ4n) is 4.68. The van der Waals surface area contributed by atoms with Gasteiger partial charge in [-0.1, -0.05) is 37.3 Å². The van der Waals surface area contributed by atoms with E-state index in [1.807, 2.05) is 7.05 Å². The molecule has 0 saturated carbocycles. The molecule has 0 spiro atoms. The molecule has 176 valence electrons. The number of rotatable bonds is 8. The van der Waals surface area contributed by atoms with Crippen LogP contribution in [0.3, 0.4) is 0 Å². The summed E-state index contributed by atoms with van der Waals surface area (Å²) < 4.78 is 5.68. The van der Waals surface area contributed by atoms with Gasteiger partial charge in [0, 0.05) is 57.5 Å². The Labute approximate surface area is 206 Å². The Hall–Kier alpha value is -0.900. The van der Waals surface area contributed by atoms with Crippen molar-refractivity contribution in [2.24, 2.45) is 4.99 Å². The average molecular weight is 544 g/mol. The SMILES string of the molecule is CCCN1CCC(NC(=NC)NCC2(NC(C)c3ccccc3)CCOCC2)CC1.I. The molecule has 6 nitrogen and oxygen atoms in total. The van der Waals surface area contributed by atoms with Gasteiger partial charge in [0.25, 0.3) is 0 Å². The Morgan fingerprint density at radius 3 is 2.48 bits per heavy atom. The van der Waals surface area contributed by atoms with Crippen LogP contribution in [0.25, 0.3) is 0 Å². The first-order chi connectivity index (χ1) is 14.6. The minimum atomic E-state index is 0. The zero-order valence-electron chi connectivity index (χ0n) is 19.5. The Bertz CT molecular complexity index is 643. The van der Waals surface area contributed by atoms with Crippen molar-refractivity contribution in [2.75, 3.05) is 46.4 Å². The lowest BCUT2D eigenvalue weighted by molar-refractivity contribution is 0.0354. The number of ether oxygens (including phenoxy) is 1. The Kier molecular flexibility index (Phi) is 11.6. The lowest BCUT2D eigenvalue weighted by Crippen LogP contribution is -2.59. The van der Waals surface area contributed by atoms with Gasteiger partial charge in [0.1, 0.15) is 0 Å². The van der Waals surface area contributed by atoms with Crippen LogP contribution < -0.4 is 16.0 Å². The molecule has 1 aromatic rings. The summed E-state index contributed by atoms with van der Waals surface area (Å²) in [5, 5.41) is 11.2. The lowest BCUT2D eigenvalue weighted by Gasteiger charge is -2.41. The van der Waals surface area contributed by atoms with E-state index < -0.39 is 0 Å². The highest BCUT2D eigenvalue weighted by Crippen LogP contribution is 2.25. The second-order valence-electron chi connectivity index (χ2n) is 8.86. The van der Waals surface area contributed by atoms with Gasteiger partial charge in [-0.3, -0.25) is 4.99 Å². The smallest absolute Gasteiger partial charge is 0.191 e. The largest absolute Gasteiger partial charge is 0.381 e. The number of guanidine groups is 1. The molecule has 2 heterocycles. The van der Waals surface area contributed by atoms with Gasteiger partial charge in [-0.05, 0) is 51.1 Å². The van der Waals surface area contributed by atoms with Crippen LogP contribution >= 0.6 is 24.0 Å². The summed E-state index contributed by atoms with van der Waals surface area (Å²) in [6.45, 7) is 10.5. The van der Waals surface area contributed by atoms with Gasteiger partial charge in [0.15, 0.2) is 5.96 Å². The molecule has 0 amide bonds. The van der Waals surface area contributed by atoms with E-state index >= 15 is 0 Å². The van der Waals surface area contributed by atoms with Crippen molar-refractivity contribution >= 4 is 29.9 Å². The van der Waals surface area contributed by atoms with E-state index in [2.05, 4.69) is 70.0 Å². The molecule has 2 saturated heterocycles. The fourth-order valence-corrected chi connectivity index (χ4v) is 4.68. The van der Waals surface area contributed by atoms with Crippen LogP contribution in [0.15, 0.2) is 35.3 Å². The van der Waals surface area contributed by atoms with Crippen LogP contribution in [0.2, 0.25) is 0 Å². The number of aliphatic imine (C=N–C) groups is 1. The molecule has 31 heavy (non-hydrogen) atoms. The van der Waals surface area contributed by atoms with Crippen molar-refractivity contribution in [2.45, 2.75) is 63.6 Å². The van der Waals surface area contributed by atoms with Crippen LogP contribution in [-0.4, -0.2) is 68.9 Å². The number of benzene rings is 1. The molecule has 1 unspecified atom stereocenters. The molecule has 3 N–H and O–H groups in total. The van der Waals surface area contributed by atoms with Gasteiger partial charge in [-0.2, -0.15) is 0 Å². The van der Waals surface area contributed by atoms with E-state index in [4.69, 9.17) is 4.74 Å². The van der Waals surface area contributed by atoms with Crippen molar-refractivity contribution in [3.63, 3.8) is 0 Å². The predicted octanol–water partition coefficient (Wildman–Crippen LogP) is 3.54. The molecule has 0 bridgehead atoms. The first-order valence-electron chi connectivity index (χ1n) is 11.7. The maximum absolute atomic E-state index is 5.68. The number of hydrogen-bond acceptors (Lipinski definition) is 4. The maximum atomic E-state index is 5.68. The molecule has 0 aliphatic carbocycles. The summed E-state index contributed by atoms with van der Waals surface area (Å²) in [7, 11) is 1.87. The Morgan fingerprint density at radius 2 is 1.87 bits per heavy atom. The van der Waals surface area contributed by atoms with E-state index in [9.17, 15) is 0 Å². The zero-order chi connectivity index (χ0) is 21.2. The lowest BCUT2D eigenvalue weighted by atomic mass is 9.88. The minimum Gasteiger partial charge on any atom is -0.381 e. The van der Waals surface area contributed by atoms with Crippen molar-refractivity contribution < 1.29 is 4.74 Å². The molecule has 1 atom stereocenters. The van der Waals surface area contributed by atoms with Crippen LogP contribution in [0.5, 0.6) is 0 Å². The summed E-state index contributed by atoms with van der Waals surface area (Å²) in [4.78, 5) is 7.08. The first-order valence-corrected chi connectivity index (χ1v) is 11.7. The molecule has 3 rings (SSSR count). The molecule has 2 aliphatic heterocycles. The van der Waals surface area contributed by atoms with Crippen LogP contribution in [0.1, 0.15) is 57.6 Å². The second kappa shape index (κ2) is 13.6. The summed E-state index contributed by atoms with van der Waals surface area (Å²) in [5.74, 6) is 0.920. The van der Waals surface area contributed by atoms with E-state index in [0.29, 0.717) is 12.1 Å². The normalized spacial score (nSPS) is 21.2. The Morgan fingerprint density at radius 1 is 1.19 bits per heavy atom. The average Bonchev–Trinajstić information content (AvgIpc) is 2.79. The third-order valence-electron chi connectivity index (χ3n) is 6.56. The second-order valence-corrected chi connectivity index (χ2v) is 8.86. The summed E-state index contributed by atoms with van der Waals surface area (Å²) in [5.41, 5.74) is 1.33. The topological polar surface area (TPSA) is 60.9 Å². The highest BCUT2D eigenvalue weighted by molar-refractivity contribution is 14.0. The van der Waals surface area contributed by atoms with E-state index in [0.717, 1.165) is 38.6 Å². The van der Waals surface area contributed by atoms with Crippen molar-refractivity contribution in [3.8, 4) is 0 Å². The number of likely N-dealkylation sites (tertiary alicyclic amines) is 1. The molecule has 0 aromatic heterocycles. The van der Waals surface area contributed by atoms with E-state index in [-0.39, 0.29) is 29.5 Å². The summed E-state index contributed by atoms with van der Waals surface area (Å²) in [6.07, 6.45) is 5.61. The van der Waals surface area contributed by atoms with Gasteiger partial charge in [0.05, 0.1) is 0 Å². The van der Waals surface area contributed by atoms with Crippen molar-refractivity contribution in [1.82, 2.24) is 20.9 Å². The van der Waals surface area contributed by atoms with Crippen molar-refractivity contribution in [1.29, 1.82) is 0 Å². The molecular weight excluding hydrogens is 501 g/mol. The predicted molar refractivity (Wildman–Crippen MR) is 140 cm³/mol. The molecule has 0 radical (unpaired) electrons. The van der Waals surface area contributed by atoms with E-state index in [1.165, 1.54) is 44.5 Å². The molecule has 1 aromatic carbocycles.